The van der Waals surface area contributed by atoms with Crippen molar-refractivity contribution < 1.29 is 23.9 Å². The number of halogens is 1. The Hall–Kier alpha value is -3.22. The number of carboxylic acid groups (broad SMARTS) is 1. The van der Waals surface area contributed by atoms with E-state index in [4.69, 9.17) is 5.11 Å². The van der Waals surface area contributed by atoms with Gasteiger partial charge in [0.2, 0.25) is 11.8 Å². The van der Waals surface area contributed by atoms with Crippen molar-refractivity contribution in [3.63, 3.8) is 0 Å². The summed E-state index contributed by atoms with van der Waals surface area (Å²) in [7, 11) is 0. The SMILES string of the molecule is Cc1ccc(N2CC(C(=O)NC(CC(=O)O)c3ccc(F)cc3)CC2=O)cc1. The molecule has 0 saturated carbocycles. The van der Waals surface area contributed by atoms with Gasteiger partial charge in [-0.2, -0.15) is 0 Å². The molecule has 3 rings (SSSR count). The number of aliphatic carboxylic acids is 1. The number of aryl methyl sites for hydroxylation is 1. The summed E-state index contributed by atoms with van der Waals surface area (Å²) in [5, 5.41) is 11.9. The average molecular weight is 384 g/mol. The molecule has 2 atom stereocenters. The number of hydrogen-bond donors (Lipinski definition) is 2. The van der Waals surface area contributed by atoms with E-state index < -0.39 is 29.7 Å². The summed E-state index contributed by atoms with van der Waals surface area (Å²) in [4.78, 5) is 37.8. The van der Waals surface area contributed by atoms with Crippen molar-refractivity contribution in [2.24, 2.45) is 5.92 Å². The topological polar surface area (TPSA) is 86.7 Å². The molecule has 28 heavy (non-hydrogen) atoms. The van der Waals surface area contributed by atoms with E-state index in [2.05, 4.69) is 5.32 Å². The number of carbonyl (C=O) groups excluding carboxylic acids is 2. The second kappa shape index (κ2) is 8.21. The van der Waals surface area contributed by atoms with Gasteiger partial charge in [0.1, 0.15) is 5.82 Å². The molecule has 0 radical (unpaired) electrons. The van der Waals surface area contributed by atoms with Crippen LogP contribution in [0.15, 0.2) is 48.5 Å². The van der Waals surface area contributed by atoms with Gasteiger partial charge in [0.15, 0.2) is 0 Å². The van der Waals surface area contributed by atoms with Crippen LogP contribution in [0.25, 0.3) is 0 Å². The van der Waals surface area contributed by atoms with Gasteiger partial charge in [-0.15, -0.1) is 0 Å². The molecular formula is C21H21FN2O4. The van der Waals surface area contributed by atoms with Crippen molar-refractivity contribution >= 4 is 23.5 Å². The first kappa shape index (κ1) is 19.5. The molecule has 1 fully saturated rings. The molecule has 6 nitrogen and oxygen atoms in total. The number of hydrogen-bond acceptors (Lipinski definition) is 3. The highest BCUT2D eigenvalue weighted by atomic mass is 19.1. The quantitative estimate of drug-likeness (QED) is 0.802. The molecule has 0 bridgehead atoms. The van der Waals surface area contributed by atoms with Crippen LogP contribution in [0.2, 0.25) is 0 Å². The lowest BCUT2D eigenvalue weighted by atomic mass is 10.0. The molecule has 1 aliphatic rings. The number of anilines is 1. The summed E-state index contributed by atoms with van der Waals surface area (Å²) >= 11 is 0. The van der Waals surface area contributed by atoms with E-state index in [-0.39, 0.29) is 25.3 Å². The molecule has 2 aromatic rings. The van der Waals surface area contributed by atoms with Crippen molar-refractivity contribution in [3.05, 3.63) is 65.5 Å². The smallest absolute Gasteiger partial charge is 0.305 e. The van der Waals surface area contributed by atoms with Crippen molar-refractivity contribution in [3.8, 4) is 0 Å². The summed E-state index contributed by atoms with van der Waals surface area (Å²) in [6, 6.07) is 12.0. The summed E-state index contributed by atoms with van der Waals surface area (Å²) < 4.78 is 13.1. The number of nitrogens with one attached hydrogen (secondary N) is 1. The molecule has 1 heterocycles. The third-order valence-electron chi connectivity index (χ3n) is 4.81. The Kier molecular flexibility index (Phi) is 5.73. The Balaban J connectivity index is 1.71. The maximum absolute atomic E-state index is 13.1. The third-order valence-corrected chi connectivity index (χ3v) is 4.81. The zero-order valence-corrected chi connectivity index (χ0v) is 15.4. The van der Waals surface area contributed by atoms with E-state index in [1.807, 2.05) is 31.2 Å². The molecule has 2 unspecified atom stereocenters. The van der Waals surface area contributed by atoms with Crippen LogP contribution in [0.5, 0.6) is 0 Å². The molecule has 146 valence electrons. The maximum atomic E-state index is 13.1. The van der Waals surface area contributed by atoms with Crippen LogP contribution in [0, 0.1) is 18.7 Å². The average Bonchev–Trinajstić information content (AvgIpc) is 3.04. The number of nitrogens with zero attached hydrogens (tertiary/aromatic N) is 1. The van der Waals surface area contributed by atoms with Crippen LogP contribution in [-0.4, -0.2) is 29.4 Å². The highest BCUT2D eigenvalue weighted by Gasteiger charge is 2.36. The van der Waals surface area contributed by atoms with E-state index in [0.717, 1.165) is 11.3 Å². The van der Waals surface area contributed by atoms with Crippen molar-refractivity contribution in [2.75, 3.05) is 11.4 Å². The lowest BCUT2D eigenvalue weighted by Crippen LogP contribution is -2.36. The zero-order valence-electron chi connectivity index (χ0n) is 15.4. The zero-order chi connectivity index (χ0) is 20.3. The van der Waals surface area contributed by atoms with Gasteiger partial charge in [-0.3, -0.25) is 14.4 Å². The van der Waals surface area contributed by atoms with Crippen molar-refractivity contribution in [1.82, 2.24) is 5.32 Å². The summed E-state index contributed by atoms with van der Waals surface area (Å²) in [5.74, 6) is -2.65. The predicted octanol–water partition coefficient (Wildman–Crippen LogP) is 2.82. The highest BCUT2D eigenvalue weighted by Crippen LogP contribution is 2.27. The first-order valence-corrected chi connectivity index (χ1v) is 8.98. The number of carboxylic acids is 1. The minimum Gasteiger partial charge on any atom is -0.481 e. The van der Waals surface area contributed by atoms with Crippen LogP contribution in [-0.2, 0) is 14.4 Å². The van der Waals surface area contributed by atoms with Gasteiger partial charge < -0.3 is 15.3 Å². The van der Waals surface area contributed by atoms with Crippen LogP contribution in [0.1, 0.15) is 30.0 Å². The molecular weight excluding hydrogens is 363 g/mol. The number of amides is 2. The lowest BCUT2D eigenvalue weighted by Gasteiger charge is -2.20. The fraction of sp³-hybridized carbons (Fsp3) is 0.286. The Labute approximate surface area is 162 Å². The van der Waals surface area contributed by atoms with Crippen LogP contribution < -0.4 is 10.2 Å². The van der Waals surface area contributed by atoms with Gasteiger partial charge in [0, 0.05) is 18.7 Å². The molecule has 2 amide bonds. The molecule has 7 heteroatoms. The fourth-order valence-corrected chi connectivity index (χ4v) is 3.27. The molecule has 0 spiro atoms. The van der Waals surface area contributed by atoms with Gasteiger partial charge >= 0.3 is 5.97 Å². The molecule has 0 aromatic heterocycles. The maximum Gasteiger partial charge on any atom is 0.305 e. The van der Waals surface area contributed by atoms with Gasteiger partial charge in [-0.25, -0.2) is 4.39 Å². The summed E-state index contributed by atoms with van der Waals surface area (Å²) in [6.45, 7) is 2.18. The summed E-state index contributed by atoms with van der Waals surface area (Å²) in [5.41, 5.74) is 2.30. The molecule has 1 aliphatic heterocycles. The van der Waals surface area contributed by atoms with Gasteiger partial charge in [-0.05, 0) is 36.8 Å². The standard InChI is InChI=1S/C21H21FN2O4/c1-13-2-8-17(9-3-13)24-12-15(10-19(24)25)21(28)23-18(11-20(26)27)14-4-6-16(22)7-5-14/h2-9,15,18H,10-12H2,1H3,(H,23,28)(H,26,27). The number of benzene rings is 2. The fourth-order valence-electron chi connectivity index (χ4n) is 3.27. The Morgan fingerprint density at radius 1 is 1.18 bits per heavy atom. The van der Waals surface area contributed by atoms with E-state index >= 15 is 0 Å². The first-order chi connectivity index (χ1) is 13.3. The first-order valence-electron chi connectivity index (χ1n) is 8.98. The second-order valence-electron chi connectivity index (χ2n) is 6.95. The minimum absolute atomic E-state index is 0.0585. The molecule has 0 aliphatic carbocycles. The van der Waals surface area contributed by atoms with E-state index in [1.54, 1.807) is 4.90 Å². The van der Waals surface area contributed by atoms with Gasteiger partial charge in [0.05, 0.1) is 18.4 Å². The lowest BCUT2D eigenvalue weighted by molar-refractivity contribution is -0.138. The van der Waals surface area contributed by atoms with Gasteiger partial charge in [0.25, 0.3) is 0 Å². The van der Waals surface area contributed by atoms with E-state index in [1.165, 1.54) is 24.3 Å². The molecule has 1 saturated heterocycles. The number of carbonyl (C=O) groups is 3. The van der Waals surface area contributed by atoms with Gasteiger partial charge in [-0.1, -0.05) is 29.8 Å². The Bertz CT molecular complexity index is 880. The van der Waals surface area contributed by atoms with Crippen LogP contribution in [0.3, 0.4) is 0 Å². The third kappa shape index (κ3) is 4.54. The largest absolute Gasteiger partial charge is 0.481 e. The molecule has 2 aromatic carbocycles. The normalized spacial score (nSPS) is 17.4. The van der Waals surface area contributed by atoms with Crippen LogP contribution in [0.4, 0.5) is 10.1 Å². The van der Waals surface area contributed by atoms with E-state index in [9.17, 15) is 18.8 Å². The van der Waals surface area contributed by atoms with Crippen LogP contribution >= 0.6 is 0 Å². The second-order valence-corrected chi connectivity index (χ2v) is 6.95. The monoisotopic (exact) mass is 384 g/mol. The highest BCUT2D eigenvalue weighted by molar-refractivity contribution is 6.00. The summed E-state index contributed by atoms with van der Waals surface area (Å²) in [6.07, 6.45) is -0.275. The number of rotatable bonds is 6. The Morgan fingerprint density at radius 2 is 1.82 bits per heavy atom. The molecule has 2 N–H and O–H groups in total. The minimum atomic E-state index is -1.08. The Morgan fingerprint density at radius 3 is 2.43 bits per heavy atom. The van der Waals surface area contributed by atoms with E-state index in [0.29, 0.717) is 5.56 Å². The van der Waals surface area contributed by atoms with Crippen molar-refractivity contribution in [2.45, 2.75) is 25.8 Å². The predicted molar refractivity (Wildman–Crippen MR) is 101 cm³/mol. The van der Waals surface area contributed by atoms with Crippen molar-refractivity contribution in [1.29, 1.82) is 0 Å².